The molecule has 1 fully saturated rings. The number of aromatic nitrogens is 5. The van der Waals surface area contributed by atoms with Crippen LogP contribution in [-0.4, -0.2) is 42.9 Å². The number of nitrogens with zero attached hydrogens (tertiary/aromatic N) is 5. The molecule has 3 aromatic rings. The molecule has 1 atom stereocenters. The molecule has 7 heteroatoms. The highest BCUT2D eigenvalue weighted by Gasteiger charge is 2.23. The summed E-state index contributed by atoms with van der Waals surface area (Å²) < 4.78 is 0. The summed E-state index contributed by atoms with van der Waals surface area (Å²) in [6.45, 7) is 6.94. The van der Waals surface area contributed by atoms with Crippen LogP contribution in [0.25, 0.3) is 0 Å². The van der Waals surface area contributed by atoms with Gasteiger partial charge in [0.25, 0.3) is 0 Å². The van der Waals surface area contributed by atoms with Crippen molar-refractivity contribution in [1.82, 2.24) is 29.8 Å². The number of nitrogens with one attached hydrogen (secondary N) is 2. The van der Waals surface area contributed by atoms with Gasteiger partial charge < -0.3 is 10.3 Å². The highest BCUT2D eigenvalue weighted by Crippen LogP contribution is 2.28. The van der Waals surface area contributed by atoms with E-state index in [1.807, 2.05) is 38.2 Å². The number of pyridine rings is 1. The Labute approximate surface area is 159 Å². The van der Waals surface area contributed by atoms with Crippen molar-refractivity contribution in [3.63, 3.8) is 0 Å². The van der Waals surface area contributed by atoms with E-state index < -0.39 is 0 Å². The highest BCUT2D eigenvalue weighted by atomic mass is 15.1. The van der Waals surface area contributed by atoms with Crippen LogP contribution in [0.5, 0.6) is 0 Å². The third-order valence-corrected chi connectivity index (χ3v) is 4.87. The lowest BCUT2D eigenvalue weighted by Crippen LogP contribution is -2.34. The molecule has 0 bridgehead atoms. The van der Waals surface area contributed by atoms with Crippen LogP contribution in [0.3, 0.4) is 0 Å². The van der Waals surface area contributed by atoms with Gasteiger partial charge in [0.2, 0.25) is 0 Å². The third kappa shape index (κ3) is 4.49. The van der Waals surface area contributed by atoms with Crippen molar-refractivity contribution >= 4 is 11.6 Å². The van der Waals surface area contributed by atoms with Gasteiger partial charge in [0.15, 0.2) is 0 Å². The fraction of sp³-hybridized carbons (Fsp3) is 0.400. The molecule has 1 aliphatic heterocycles. The Kier molecular flexibility index (Phi) is 5.11. The zero-order valence-corrected chi connectivity index (χ0v) is 15.8. The van der Waals surface area contributed by atoms with E-state index in [9.17, 15) is 0 Å². The molecule has 1 saturated heterocycles. The van der Waals surface area contributed by atoms with Crippen LogP contribution in [0.2, 0.25) is 0 Å². The monoisotopic (exact) mass is 363 g/mol. The normalized spacial score (nSPS) is 17.8. The van der Waals surface area contributed by atoms with Crippen LogP contribution in [0.4, 0.5) is 11.6 Å². The summed E-state index contributed by atoms with van der Waals surface area (Å²) in [5, 5.41) is 3.32. The van der Waals surface area contributed by atoms with Gasteiger partial charge in [0.1, 0.15) is 17.5 Å². The fourth-order valence-corrected chi connectivity index (χ4v) is 3.66. The van der Waals surface area contributed by atoms with Crippen molar-refractivity contribution in [2.75, 3.05) is 18.4 Å². The van der Waals surface area contributed by atoms with Crippen LogP contribution in [0.1, 0.15) is 41.7 Å². The van der Waals surface area contributed by atoms with Crippen molar-refractivity contribution in [1.29, 1.82) is 0 Å². The van der Waals surface area contributed by atoms with E-state index in [1.165, 1.54) is 6.42 Å². The first-order valence-electron chi connectivity index (χ1n) is 9.41. The van der Waals surface area contributed by atoms with E-state index in [-0.39, 0.29) is 0 Å². The van der Waals surface area contributed by atoms with Gasteiger partial charge in [-0.1, -0.05) is 6.07 Å². The van der Waals surface area contributed by atoms with Gasteiger partial charge in [-0.05, 0) is 45.4 Å². The van der Waals surface area contributed by atoms with Crippen LogP contribution in [0, 0.1) is 13.8 Å². The predicted molar refractivity (Wildman–Crippen MR) is 105 cm³/mol. The predicted octanol–water partition coefficient (Wildman–Crippen LogP) is 3.33. The highest BCUT2D eigenvalue weighted by molar-refractivity contribution is 5.52. The first-order chi connectivity index (χ1) is 13.2. The number of H-pyrrole nitrogens is 1. The Morgan fingerprint density at radius 1 is 1.19 bits per heavy atom. The minimum absolute atomic E-state index is 0.411. The Balaban J connectivity index is 1.50. The fourth-order valence-electron chi connectivity index (χ4n) is 3.66. The molecule has 0 aromatic carbocycles. The minimum Gasteiger partial charge on any atom is -0.347 e. The first kappa shape index (κ1) is 17.6. The van der Waals surface area contributed by atoms with Crippen molar-refractivity contribution in [2.45, 2.75) is 39.2 Å². The van der Waals surface area contributed by atoms with Crippen LogP contribution < -0.4 is 5.32 Å². The number of hydrogen-bond acceptors (Lipinski definition) is 6. The molecule has 0 aliphatic carbocycles. The molecule has 3 aromatic heterocycles. The molecule has 0 unspecified atom stereocenters. The first-order valence-corrected chi connectivity index (χ1v) is 9.41. The van der Waals surface area contributed by atoms with E-state index in [0.717, 1.165) is 60.6 Å². The zero-order valence-electron chi connectivity index (χ0n) is 15.8. The van der Waals surface area contributed by atoms with Crippen LogP contribution >= 0.6 is 0 Å². The smallest absolute Gasteiger partial charge is 0.135 e. The molecule has 0 amide bonds. The molecule has 4 rings (SSSR count). The quantitative estimate of drug-likeness (QED) is 0.723. The molecule has 4 heterocycles. The SMILES string of the molecule is Cc1cccc(Nc2cc([C@@H]3CCCN(Cc4cnc[nH]4)C3)nc(C)n2)n1. The summed E-state index contributed by atoms with van der Waals surface area (Å²) in [4.78, 5) is 23.6. The van der Waals surface area contributed by atoms with Crippen molar-refractivity contribution in [3.8, 4) is 0 Å². The lowest BCUT2D eigenvalue weighted by Gasteiger charge is -2.32. The van der Waals surface area contributed by atoms with Gasteiger partial charge in [-0.3, -0.25) is 4.90 Å². The minimum atomic E-state index is 0.411. The van der Waals surface area contributed by atoms with Gasteiger partial charge in [-0.15, -0.1) is 0 Å². The molecule has 140 valence electrons. The second-order valence-corrected chi connectivity index (χ2v) is 7.17. The van der Waals surface area contributed by atoms with Crippen molar-refractivity contribution < 1.29 is 0 Å². The van der Waals surface area contributed by atoms with E-state index in [2.05, 4.69) is 36.2 Å². The number of aromatic amines is 1. The van der Waals surface area contributed by atoms with E-state index in [0.29, 0.717) is 5.92 Å². The van der Waals surface area contributed by atoms with Gasteiger partial charge in [0.05, 0.1) is 12.0 Å². The topological polar surface area (TPSA) is 82.6 Å². The number of anilines is 2. The van der Waals surface area contributed by atoms with Gasteiger partial charge in [-0.25, -0.2) is 19.9 Å². The summed E-state index contributed by atoms with van der Waals surface area (Å²) >= 11 is 0. The Bertz CT molecular complexity index is 891. The number of aryl methyl sites for hydroxylation is 2. The molecule has 0 spiro atoms. The lowest BCUT2D eigenvalue weighted by molar-refractivity contribution is 0.196. The number of likely N-dealkylation sites (tertiary alicyclic amines) is 1. The third-order valence-electron chi connectivity index (χ3n) is 4.87. The molecule has 0 radical (unpaired) electrons. The Morgan fingerprint density at radius 3 is 2.93 bits per heavy atom. The number of hydrogen-bond donors (Lipinski definition) is 2. The summed E-state index contributed by atoms with van der Waals surface area (Å²) in [5.74, 6) is 2.81. The summed E-state index contributed by atoms with van der Waals surface area (Å²) in [6, 6.07) is 8.00. The molecular weight excluding hydrogens is 338 g/mol. The Hall–Kier alpha value is -2.80. The van der Waals surface area contributed by atoms with Gasteiger partial charge >= 0.3 is 0 Å². The summed E-state index contributed by atoms with van der Waals surface area (Å²) in [5.41, 5.74) is 3.24. The average Bonchev–Trinajstić information content (AvgIpc) is 3.14. The van der Waals surface area contributed by atoms with Crippen LogP contribution in [-0.2, 0) is 6.54 Å². The van der Waals surface area contributed by atoms with Gasteiger partial charge in [-0.2, -0.15) is 0 Å². The molecule has 7 nitrogen and oxygen atoms in total. The van der Waals surface area contributed by atoms with E-state index in [1.54, 1.807) is 6.33 Å². The average molecular weight is 363 g/mol. The molecule has 1 aliphatic rings. The number of rotatable bonds is 5. The van der Waals surface area contributed by atoms with Crippen molar-refractivity contribution in [3.05, 3.63) is 59.7 Å². The van der Waals surface area contributed by atoms with Crippen LogP contribution in [0.15, 0.2) is 36.8 Å². The summed E-state index contributed by atoms with van der Waals surface area (Å²) in [7, 11) is 0. The van der Waals surface area contributed by atoms with Crippen molar-refractivity contribution in [2.24, 2.45) is 0 Å². The van der Waals surface area contributed by atoms with E-state index >= 15 is 0 Å². The molecule has 2 N–H and O–H groups in total. The molecule has 0 saturated carbocycles. The number of piperidine rings is 1. The maximum Gasteiger partial charge on any atom is 0.135 e. The lowest BCUT2D eigenvalue weighted by atomic mass is 9.94. The zero-order chi connectivity index (χ0) is 18.6. The summed E-state index contributed by atoms with van der Waals surface area (Å²) in [6.07, 6.45) is 5.96. The molecule has 27 heavy (non-hydrogen) atoms. The maximum absolute atomic E-state index is 4.73. The van der Waals surface area contributed by atoms with Gasteiger partial charge in [0, 0.05) is 42.7 Å². The Morgan fingerprint density at radius 2 is 2.11 bits per heavy atom. The van der Waals surface area contributed by atoms with E-state index in [4.69, 9.17) is 4.98 Å². The largest absolute Gasteiger partial charge is 0.347 e. The maximum atomic E-state index is 4.73. The molecular formula is C20H25N7. The number of imidazole rings is 1. The second kappa shape index (κ2) is 7.84. The second-order valence-electron chi connectivity index (χ2n) is 7.17. The standard InChI is InChI=1S/C20H25N7/c1-14-5-3-7-19(23-14)26-20-9-18(24-15(2)25-20)16-6-4-8-27(11-16)12-17-10-21-13-22-17/h3,5,7,9-10,13,16H,4,6,8,11-12H2,1-2H3,(H,21,22)(H,23,24,25,26)/t16-/m1/s1.